The summed E-state index contributed by atoms with van der Waals surface area (Å²) in [5, 5.41) is 10.5. The van der Waals surface area contributed by atoms with Gasteiger partial charge in [0.15, 0.2) is 0 Å². The van der Waals surface area contributed by atoms with Gasteiger partial charge in [0.2, 0.25) is 0 Å². The summed E-state index contributed by atoms with van der Waals surface area (Å²) in [6.45, 7) is 0. The molecule has 0 saturated carbocycles. The maximum atomic E-state index is 10.5. The van der Waals surface area contributed by atoms with Crippen LogP contribution in [0.15, 0.2) is 48.5 Å². The van der Waals surface area contributed by atoms with E-state index < -0.39 is 0 Å². The first-order valence-electron chi connectivity index (χ1n) is 7.64. The molecule has 0 heterocycles. The largest absolute Gasteiger partial charge is 0.497 e. The summed E-state index contributed by atoms with van der Waals surface area (Å²) in [5.74, 6) is 1.26. The van der Waals surface area contributed by atoms with Gasteiger partial charge in [-0.1, -0.05) is 36.4 Å². The SMILES string of the molecule is COc1ccc(CCC(O)C2Cc3ccccc3C2)cc1. The number of hydrogen-bond donors (Lipinski definition) is 1. The lowest BCUT2D eigenvalue weighted by molar-refractivity contribution is 0.104. The Morgan fingerprint density at radius 2 is 1.67 bits per heavy atom. The van der Waals surface area contributed by atoms with E-state index in [1.165, 1.54) is 16.7 Å². The monoisotopic (exact) mass is 282 g/mol. The van der Waals surface area contributed by atoms with Gasteiger partial charge in [-0.25, -0.2) is 0 Å². The van der Waals surface area contributed by atoms with E-state index in [9.17, 15) is 5.11 Å². The molecule has 1 N–H and O–H groups in total. The van der Waals surface area contributed by atoms with E-state index in [1.54, 1.807) is 7.11 Å². The molecule has 2 heteroatoms. The fraction of sp³-hybridized carbons (Fsp3) is 0.368. The van der Waals surface area contributed by atoms with Gasteiger partial charge in [-0.15, -0.1) is 0 Å². The number of methoxy groups -OCH3 is 1. The third-order valence-corrected chi connectivity index (χ3v) is 4.51. The first-order chi connectivity index (χ1) is 10.3. The van der Waals surface area contributed by atoms with E-state index in [2.05, 4.69) is 36.4 Å². The van der Waals surface area contributed by atoms with Crippen molar-refractivity contribution in [3.8, 4) is 5.75 Å². The first kappa shape index (κ1) is 14.2. The van der Waals surface area contributed by atoms with Crippen LogP contribution in [0.3, 0.4) is 0 Å². The average Bonchev–Trinajstić information content (AvgIpc) is 2.97. The Hall–Kier alpha value is -1.80. The topological polar surface area (TPSA) is 29.5 Å². The van der Waals surface area contributed by atoms with Gasteiger partial charge in [0.1, 0.15) is 5.75 Å². The molecular formula is C19H22O2. The predicted molar refractivity (Wildman–Crippen MR) is 84.7 cm³/mol. The van der Waals surface area contributed by atoms with Crippen LogP contribution in [0, 0.1) is 5.92 Å². The molecule has 1 atom stereocenters. The molecule has 1 unspecified atom stereocenters. The molecule has 0 bridgehead atoms. The molecule has 3 rings (SSSR count). The third kappa shape index (κ3) is 3.27. The lowest BCUT2D eigenvalue weighted by Crippen LogP contribution is -2.21. The van der Waals surface area contributed by atoms with Gasteiger partial charge < -0.3 is 9.84 Å². The molecular weight excluding hydrogens is 260 g/mol. The normalized spacial score (nSPS) is 15.7. The maximum absolute atomic E-state index is 10.5. The van der Waals surface area contributed by atoms with E-state index >= 15 is 0 Å². The van der Waals surface area contributed by atoms with E-state index in [4.69, 9.17) is 4.74 Å². The van der Waals surface area contributed by atoms with Crippen molar-refractivity contribution < 1.29 is 9.84 Å². The zero-order valence-electron chi connectivity index (χ0n) is 12.5. The minimum absolute atomic E-state index is 0.223. The molecule has 21 heavy (non-hydrogen) atoms. The number of aliphatic hydroxyl groups is 1. The van der Waals surface area contributed by atoms with E-state index in [1.807, 2.05) is 12.1 Å². The molecule has 0 aromatic heterocycles. The number of rotatable bonds is 5. The highest BCUT2D eigenvalue weighted by molar-refractivity contribution is 5.32. The number of benzene rings is 2. The van der Waals surface area contributed by atoms with Crippen LogP contribution in [0.5, 0.6) is 5.75 Å². The van der Waals surface area contributed by atoms with Crippen molar-refractivity contribution in [2.45, 2.75) is 31.8 Å². The molecule has 1 aliphatic carbocycles. The molecule has 2 nitrogen and oxygen atoms in total. The molecule has 0 amide bonds. The van der Waals surface area contributed by atoms with Crippen LogP contribution in [-0.2, 0) is 19.3 Å². The van der Waals surface area contributed by atoms with Gasteiger partial charge in [0.05, 0.1) is 13.2 Å². The smallest absolute Gasteiger partial charge is 0.118 e. The Balaban J connectivity index is 1.54. The van der Waals surface area contributed by atoms with Crippen molar-refractivity contribution in [1.82, 2.24) is 0 Å². The van der Waals surface area contributed by atoms with Crippen LogP contribution in [0.25, 0.3) is 0 Å². The maximum Gasteiger partial charge on any atom is 0.118 e. The number of ether oxygens (including phenoxy) is 1. The number of hydrogen-bond acceptors (Lipinski definition) is 2. The van der Waals surface area contributed by atoms with Gasteiger partial charge in [0.25, 0.3) is 0 Å². The summed E-state index contributed by atoms with van der Waals surface area (Å²) >= 11 is 0. The van der Waals surface area contributed by atoms with E-state index in [-0.39, 0.29) is 6.10 Å². The summed E-state index contributed by atoms with van der Waals surface area (Å²) < 4.78 is 5.16. The second-order valence-electron chi connectivity index (χ2n) is 5.89. The Labute approximate surface area is 126 Å². The summed E-state index contributed by atoms with van der Waals surface area (Å²) in [7, 11) is 1.68. The Kier molecular flexibility index (Phi) is 4.26. The van der Waals surface area contributed by atoms with Crippen LogP contribution in [0.4, 0.5) is 0 Å². The van der Waals surface area contributed by atoms with Crippen LogP contribution in [0.2, 0.25) is 0 Å². The fourth-order valence-corrected chi connectivity index (χ4v) is 3.21. The van der Waals surface area contributed by atoms with Gasteiger partial charge in [0, 0.05) is 0 Å². The van der Waals surface area contributed by atoms with Crippen LogP contribution < -0.4 is 4.74 Å². The summed E-state index contributed by atoms with van der Waals surface area (Å²) in [6, 6.07) is 16.7. The summed E-state index contributed by atoms with van der Waals surface area (Å²) in [6.07, 6.45) is 3.54. The van der Waals surface area contributed by atoms with Gasteiger partial charge in [-0.05, 0) is 60.4 Å². The van der Waals surface area contributed by atoms with Gasteiger partial charge in [-0.2, -0.15) is 0 Å². The van der Waals surface area contributed by atoms with E-state index in [0.29, 0.717) is 5.92 Å². The molecule has 2 aromatic rings. The fourth-order valence-electron chi connectivity index (χ4n) is 3.21. The van der Waals surface area contributed by atoms with Crippen molar-refractivity contribution in [3.05, 3.63) is 65.2 Å². The highest BCUT2D eigenvalue weighted by atomic mass is 16.5. The van der Waals surface area contributed by atoms with E-state index in [0.717, 1.165) is 31.4 Å². The molecule has 1 aliphatic rings. The van der Waals surface area contributed by atoms with Crippen LogP contribution >= 0.6 is 0 Å². The van der Waals surface area contributed by atoms with Crippen LogP contribution in [-0.4, -0.2) is 18.3 Å². The number of aliphatic hydroxyl groups excluding tert-OH is 1. The summed E-state index contributed by atoms with van der Waals surface area (Å²) in [5.41, 5.74) is 4.07. The lowest BCUT2D eigenvalue weighted by Gasteiger charge is -2.17. The quantitative estimate of drug-likeness (QED) is 0.910. The number of fused-ring (bicyclic) bond motifs is 1. The summed E-state index contributed by atoms with van der Waals surface area (Å²) in [4.78, 5) is 0. The second-order valence-corrected chi connectivity index (χ2v) is 5.89. The predicted octanol–water partition coefficient (Wildman–Crippen LogP) is 3.40. The molecule has 0 spiro atoms. The highest BCUT2D eigenvalue weighted by Crippen LogP contribution is 2.30. The molecule has 0 saturated heterocycles. The molecule has 0 aliphatic heterocycles. The van der Waals surface area contributed by atoms with Crippen molar-refractivity contribution in [2.24, 2.45) is 5.92 Å². The Morgan fingerprint density at radius 1 is 1.05 bits per heavy atom. The highest BCUT2D eigenvalue weighted by Gasteiger charge is 2.26. The zero-order valence-corrected chi connectivity index (χ0v) is 12.5. The first-order valence-corrected chi connectivity index (χ1v) is 7.64. The van der Waals surface area contributed by atoms with Gasteiger partial charge in [-0.3, -0.25) is 0 Å². The zero-order chi connectivity index (χ0) is 14.7. The van der Waals surface area contributed by atoms with Crippen molar-refractivity contribution in [2.75, 3.05) is 7.11 Å². The standard InChI is InChI=1S/C19H22O2/c1-21-18-9-6-14(7-10-18)8-11-19(20)17-12-15-4-2-3-5-16(15)13-17/h2-7,9-10,17,19-20H,8,11-13H2,1H3. The average molecular weight is 282 g/mol. The minimum Gasteiger partial charge on any atom is -0.497 e. The lowest BCUT2D eigenvalue weighted by atomic mass is 9.94. The van der Waals surface area contributed by atoms with Crippen molar-refractivity contribution >= 4 is 0 Å². The minimum atomic E-state index is -0.223. The molecule has 0 radical (unpaired) electrons. The molecule has 0 fully saturated rings. The van der Waals surface area contributed by atoms with Crippen LogP contribution in [0.1, 0.15) is 23.1 Å². The second kappa shape index (κ2) is 6.31. The third-order valence-electron chi connectivity index (χ3n) is 4.51. The molecule has 2 aromatic carbocycles. The van der Waals surface area contributed by atoms with Gasteiger partial charge >= 0.3 is 0 Å². The number of aryl methyl sites for hydroxylation is 1. The Bertz CT molecular complexity index is 564. The molecule has 110 valence electrons. The van der Waals surface area contributed by atoms with Crippen molar-refractivity contribution in [3.63, 3.8) is 0 Å². The van der Waals surface area contributed by atoms with Crippen molar-refractivity contribution in [1.29, 1.82) is 0 Å². The Morgan fingerprint density at radius 3 is 2.24 bits per heavy atom.